The smallest absolute Gasteiger partial charge is 0.175 e. The van der Waals surface area contributed by atoms with E-state index in [1.165, 1.54) is 6.42 Å². The summed E-state index contributed by atoms with van der Waals surface area (Å²) in [6.45, 7) is 1.55. The first-order valence-corrected chi connectivity index (χ1v) is 6.80. The lowest BCUT2D eigenvalue weighted by Crippen LogP contribution is -2.59. The molecule has 6 fully saturated rings. The first-order valence-electron chi connectivity index (χ1n) is 6.80. The van der Waals surface area contributed by atoms with Crippen molar-refractivity contribution < 1.29 is 14.6 Å². The van der Waals surface area contributed by atoms with Gasteiger partial charge in [0.2, 0.25) is 0 Å². The number of hydrogen-bond acceptors (Lipinski definition) is 3. The quantitative estimate of drug-likeness (QED) is 0.645. The van der Waals surface area contributed by atoms with Crippen molar-refractivity contribution in [3.63, 3.8) is 0 Å². The molecular weight excluding hydrogens is 204 g/mol. The molecule has 0 radical (unpaired) electrons. The highest BCUT2D eigenvalue weighted by Crippen LogP contribution is 2.86. The van der Waals surface area contributed by atoms with Gasteiger partial charge in [0.25, 0.3) is 0 Å². The summed E-state index contributed by atoms with van der Waals surface area (Å²) in [6.07, 6.45) is 1.34. The van der Waals surface area contributed by atoms with Gasteiger partial charge < -0.3 is 14.6 Å². The Hall–Kier alpha value is -0.120. The monoisotopic (exact) mass is 220 g/mol. The SMILES string of the molecule is OC1C2C3CC4C5C3C1C5C1(OCCO1)C42. The van der Waals surface area contributed by atoms with Crippen LogP contribution in [0.3, 0.4) is 0 Å². The molecule has 1 spiro atoms. The minimum Gasteiger partial charge on any atom is -0.393 e. The summed E-state index contributed by atoms with van der Waals surface area (Å²) < 4.78 is 12.2. The van der Waals surface area contributed by atoms with Crippen LogP contribution >= 0.6 is 0 Å². The van der Waals surface area contributed by atoms with Gasteiger partial charge in [-0.1, -0.05) is 0 Å². The molecule has 0 amide bonds. The Balaban J connectivity index is 1.64. The predicted octanol–water partition coefficient (Wildman–Crippen LogP) is 0.478. The van der Waals surface area contributed by atoms with E-state index >= 15 is 0 Å². The van der Waals surface area contributed by atoms with E-state index in [1.807, 2.05) is 0 Å². The molecule has 0 aromatic rings. The maximum atomic E-state index is 10.4. The van der Waals surface area contributed by atoms with Gasteiger partial charge in [-0.2, -0.15) is 0 Å². The lowest BCUT2D eigenvalue weighted by molar-refractivity contribution is -0.277. The van der Waals surface area contributed by atoms with Crippen molar-refractivity contribution in [2.75, 3.05) is 13.2 Å². The van der Waals surface area contributed by atoms with Crippen molar-refractivity contribution >= 4 is 0 Å². The van der Waals surface area contributed by atoms with E-state index in [0.29, 0.717) is 23.7 Å². The fraction of sp³-hybridized carbons (Fsp3) is 1.00. The third kappa shape index (κ3) is 0.485. The molecule has 0 aromatic carbocycles. The second kappa shape index (κ2) is 2.00. The van der Waals surface area contributed by atoms with Crippen LogP contribution in [0.25, 0.3) is 0 Å². The fourth-order valence-electron chi connectivity index (χ4n) is 7.27. The first-order chi connectivity index (χ1) is 7.84. The molecule has 5 saturated carbocycles. The molecule has 6 rings (SSSR count). The second-order valence-electron chi connectivity index (χ2n) is 6.83. The molecule has 1 saturated heterocycles. The van der Waals surface area contributed by atoms with E-state index in [1.54, 1.807) is 0 Å². The molecule has 3 nitrogen and oxygen atoms in total. The van der Waals surface area contributed by atoms with Gasteiger partial charge in [-0.05, 0) is 41.9 Å². The summed E-state index contributed by atoms with van der Waals surface area (Å²) in [6, 6.07) is 0. The molecule has 86 valence electrons. The Morgan fingerprint density at radius 3 is 2.50 bits per heavy atom. The van der Waals surface area contributed by atoms with Crippen LogP contribution in [0.15, 0.2) is 0 Å². The Kier molecular flexibility index (Phi) is 1.01. The lowest BCUT2D eigenvalue weighted by atomic mass is 9.57. The molecule has 1 aliphatic heterocycles. The number of hydrogen-bond donors (Lipinski definition) is 1. The van der Waals surface area contributed by atoms with Gasteiger partial charge in [0.05, 0.1) is 19.3 Å². The van der Waals surface area contributed by atoms with E-state index in [0.717, 1.165) is 36.9 Å². The topological polar surface area (TPSA) is 38.7 Å². The van der Waals surface area contributed by atoms with Gasteiger partial charge in [-0.3, -0.25) is 0 Å². The number of rotatable bonds is 0. The molecule has 2 bridgehead atoms. The standard InChI is InChI=1S/C13H16O3/c14-12-8-4-3-5-7-6(4)9(12)11(7)13(10(5)8)15-1-2-16-13/h4-12,14H,1-3H2. The summed E-state index contributed by atoms with van der Waals surface area (Å²) in [5.41, 5.74) is 0. The number of ether oxygens (including phenoxy) is 2. The van der Waals surface area contributed by atoms with Gasteiger partial charge in [-0.15, -0.1) is 0 Å². The van der Waals surface area contributed by atoms with Gasteiger partial charge in [0.15, 0.2) is 5.79 Å². The Morgan fingerprint density at radius 2 is 1.69 bits per heavy atom. The third-order valence-electron chi connectivity index (χ3n) is 7.08. The molecule has 16 heavy (non-hydrogen) atoms. The molecule has 1 heterocycles. The van der Waals surface area contributed by atoms with E-state index in [4.69, 9.17) is 9.47 Å². The van der Waals surface area contributed by atoms with Crippen LogP contribution in [0, 0.1) is 47.3 Å². The molecule has 1 N–H and O–H groups in total. The zero-order chi connectivity index (χ0) is 10.2. The van der Waals surface area contributed by atoms with Gasteiger partial charge in [0.1, 0.15) is 0 Å². The van der Waals surface area contributed by atoms with Crippen molar-refractivity contribution in [1.82, 2.24) is 0 Å². The van der Waals surface area contributed by atoms with Crippen LogP contribution in [-0.4, -0.2) is 30.2 Å². The van der Waals surface area contributed by atoms with E-state index in [9.17, 15) is 5.11 Å². The predicted molar refractivity (Wildman–Crippen MR) is 53.2 cm³/mol. The molecule has 3 heteroatoms. The van der Waals surface area contributed by atoms with Crippen molar-refractivity contribution in [2.24, 2.45) is 47.3 Å². The van der Waals surface area contributed by atoms with E-state index < -0.39 is 0 Å². The summed E-state index contributed by atoms with van der Waals surface area (Å²) in [7, 11) is 0. The molecule has 0 aromatic heterocycles. The van der Waals surface area contributed by atoms with Crippen LogP contribution in [0.4, 0.5) is 0 Å². The molecular formula is C13H16O3. The number of aliphatic hydroxyl groups excluding tert-OH is 1. The first kappa shape index (κ1) is 8.06. The Labute approximate surface area is 94.1 Å². The van der Waals surface area contributed by atoms with Gasteiger partial charge >= 0.3 is 0 Å². The maximum absolute atomic E-state index is 10.4. The van der Waals surface area contributed by atoms with Crippen LogP contribution in [-0.2, 0) is 9.47 Å². The molecule has 5 aliphatic carbocycles. The van der Waals surface area contributed by atoms with Crippen molar-refractivity contribution in [3.8, 4) is 0 Å². The highest BCUT2D eigenvalue weighted by Gasteiger charge is 2.89. The summed E-state index contributed by atoms with van der Waals surface area (Å²) in [4.78, 5) is 0. The highest BCUT2D eigenvalue weighted by molar-refractivity contribution is 5.33. The molecule has 9 atom stereocenters. The average molecular weight is 220 g/mol. The van der Waals surface area contributed by atoms with Gasteiger partial charge in [0, 0.05) is 11.8 Å². The second-order valence-corrected chi connectivity index (χ2v) is 6.83. The van der Waals surface area contributed by atoms with Crippen molar-refractivity contribution in [2.45, 2.75) is 18.3 Å². The summed E-state index contributed by atoms with van der Waals surface area (Å²) in [5, 5.41) is 10.4. The average Bonchev–Trinajstić information content (AvgIpc) is 2.87. The van der Waals surface area contributed by atoms with E-state index in [2.05, 4.69) is 0 Å². The normalized spacial score (nSPS) is 74.4. The minimum absolute atomic E-state index is 0.0211. The molecule has 9 unspecified atom stereocenters. The summed E-state index contributed by atoms with van der Waals surface area (Å²) >= 11 is 0. The summed E-state index contributed by atoms with van der Waals surface area (Å²) in [5.74, 6) is 5.26. The van der Waals surface area contributed by atoms with Crippen LogP contribution < -0.4 is 0 Å². The highest BCUT2D eigenvalue weighted by atomic mass is 16.7. The van der Waals surface area contributed by atoms with Crippen LogP contribution in [0.1, 0.15) is 6.42 Å². The van der Waals surface area contributed by atoms with Crippen molar-refractivity contribution in [1.29, 1.82) is 0 Å². The number of aliphatic hydroxyl groups is 1. The minimum atomic E-state index is -0.231. The van der Waals surface area contributed by atoms with Crippen LogP contribution in [0.5, 0.6) is 0 Å². The maximum Gasteiger partial charge on any atom is 0.175 e. The largest absolute Gasteiger partial charge is 0.393 e. The lowest BCUT2D eigenvalue weighted by Gasteiger charge is -2.52. The van der Waals surface area contributed by atoms with Gasteiger partial charge in [-0.25, -0.2) is 0 Å². The molecule has 6 aliphatic rings. The third-order valence-corrected chi connectivity index (χ3v) is 7.08. The van der Waals surface area contributed by atoms with Crippen molar-refractivity contribution in [3.05, 3.63) is 0 Å². The zero-order valence-corrected chi connectivity index (χ0v) is 9.08. The Morgan fingerprint density at radius 1 is 0.875 bits per heavy atom. The fourth-order valence-corrected chi connectivity index (χ4v) is 7.27. The Bertz CT molecular complexity index is 402. The number of fused-ring (bicyclic) bond motifs is 4. The van der Waals surface area contributed by atoms with E-state index in [-0.39, 0.29) is 11.9 Å². The van der Waals surface area contributed by atoms with Crippen LogP contribution in [0.2, 0.25) is 0 Å². The zero-order valence-electron chi connectivity index (χ0n) is 9.08.